The lowest BCUT2D eigenvalue weighted by Gasteiger charge is -2.13. The van der Waals surface area contributed by atoms with Crippen molar-refractivity contribution in [2.24, 2.45) is 0 Å². The zero-order valence-corrected chi connectivity index (χ0v) is 16.5. The van der Waals surface area contributed by atoms with Gasteiger partial charge in [0.15, 0.2) is 6.61 Å². The molecule has 0 unspecified atom stereocenters. The Morgan fingerprint density at radius 3 is 2.57 bits per heavy atom. The van der Waals surface area contributed by atoms with Crippen LogP contribution in [0.4, 0.5) is 15.9 Å². The first kappa shape index (κ1) is 20.8. The average molecular weight is 414 g/mol. The molecule has 0 atom stereocenters. The number of nitro benzene ring substituents is 1. The lowest BCUT2D eigenvalue weighted by molar-refractivity contribution is -0.387. The molecule has 156 valence electrons. The summed E-state index contributed by atoms with van der Waals surface area (Å²) >= 11 is 0. The topological polar surface area (TPSA) is 125 Å². The molecule has 1 amide bonds. The fourth-order valence-electron chi connectivity index (χ4n) is 2.44. The fraction of sp³-hybridized carbons (Fsp3) is 0.263. The second-order valence-corrected chi connectivity index (χ2v) is 7.33. The van der Waals surface area contributed by atoms with Crippen molar-refractivity contribution in [3.05, 3.63) is 64.4 Å². The highest BCUT2D eigenvalue weighted by Gasteiger charge is 2.22. The third-order valence-electron chi connectivity index (χ3n) is 3.97. The van der Waals surface area contributed by atoms with Crippen molar-refractivity contribution in [2.75, 3.05) is 11.9 Å². The second-order valence-electron chi connectivity index (χ2n) is 7.33. The normalized spacial score (nSPS) is 11.2. The molecule has 0 aliphatic carbocycles. The highest BCUT2D eigenvalue weighted by Crippen LogP contribution is 2.25. The number of nitrogens with one attached hydrogen (secondary N) is 1. The van der Waals surface area contributed by atoms with E-state index >= 15 is 0 Å². The van der Waals surface area contributed by atoms with E-state index in [0.717, 1.165) is 12.1 Å². The first-order chi connectivity index (χ1) is 14.1. The van der Waals surface area contributed by atoms with Gasteiger partial charge in [-0.3, -0.25) is 14.9 Å². The highest BCUT2D eigenvalue weighted by molar-refractivity contribution is 5.91. The molecule has 0 radical (unpaired) electrons. The van der Waals surface area contributed by atoms with Crippen LogP contribution in [-0.4, -0.2) is 37.2 Å². The van der Waals surface area contributed by atoms with Crippen LogP contribution in [0.15, 0.2) is 42.7 Å². The number of halogens is 1. The molecule has 0 fully saturated rings. The molecule has 2 aromatic heterocycles. The van der Waals surface area contributed by atoms with Gasteiger partial charge in [0.2, 0.25) is 5.82 Å². The highest BCUT2D eigenvalue weighted by atomic mass is 19.1. The van der Waals surface area contributed by atoms with Crippen LogP contribution in [0.3, 0.4) is 0 Å². The third-order valence-corrected chi connectivity index (χ3v) is 3.97. The van der Waals surface area contributed by atoms with Gasteiger partial charge in [0, 0.05) is 36.0 Å². The van der Waals surface area contributed by atoms with Gasteiger partial charge in [-0.1, -0.05) is 20.8 Å². The monoisotopic (exact) mass is 414 g/mol. The fourth-order valence-corrected chi connectivity index (χ4v) is 2.44. The van der Waals surface area contributed by atoms with Crippen molar-refractivity contribution in [3.8, 4) is 11.7 Å². The Hall–Kier alpha value is -3.89. The molecule has 0 aliphatic heterocycles. The zero-order valence-electron chi connectivity index (χ0n) is 16.5. The van der Waals surface area contributed by atoms with Gasteiger partial charge in [-0.2, -0.15) is 14.2 Å². The molecule has 3 aromatic rings. The largest absolute Gasteiger partial charge is 0.484 e. The third kappa shape index (κ3) is 4.74. The van der Waals surface area contributed by atoms with E-state index in [0.29, 0.717) is 11.5 Å². The van der Waals surface area contributed by atoms with E-state index in [1.54, 1.807) is 24.5 Å². The van der Waals surface area contributed by atoms with Crippen LogP contribution in [0, 0.1) is 15.9 Å². The number of anilines is 1. The van der Waals surface area contributed by atoms with Crippen LogP contribution in [-0.2, 0) is 10.2 Å². The molecule has 3 rings (SSSR count). The Kier molecular flexibility index (Phi) is 5.72. The number of nitrogens with zero attached hydrogens (tertiary/aromatic N) is 5. The molecule has 1 aromatic carbocycles. The maximum atomic E-state index is 13.7. The number of carbonyl (C=O) groups excluding carboxylic acids is 1. The summed E-state index contributed by atoms with van der Waals surface area (Å²) in [6.45, 7) is 5.49. The number of hydrogen-bond donors (Lipinski definition) is 1. The predicted molar refractivity (Wildman–Crippen MR) is 105 cm³/mol. The maximum absolute atomic E-state index is 13.7. The van der Waals surface area contributed by atoms with Crippen molar-refractivity contribution >= 4 is 17.4 Å². The van der Waals surface area contributed by atoms with Crippen molar-refractivity contribution < 1.29 is 18.8 Å². The summed E-state index contributed by atoms with van der Waals surface area (Å²) in [7, 11) is 0. The van der Waals surface area contributed by atoms with Gasteiger partial charge < -0.3 is 10.1 Å². The van der Waals surface area contributed by atoms with Crippen LogP contribution < -0.4 is 10.1 Å². The van der Waals surface area contributed by atoms with Gasteiger partial charge in [0.25, 0.3) is 11.9 Å². The smallest absolute Gasteiger partial charge is 0.305 e. The summed E-state index contributed by atoms with van der Waals surface area (Å²) < 4.78 is 20.3. The number of amides is 1. The van der Waals surface area contributed by atoms with Gasteiger partial charge in [0.1, 0.15) is 11.6 Å². The van der Waals surface area contributed by atoms with E-state index in [1.165, 1.54) is 10.7 Å². The maximum Gasteiger partial charge on any atom is 0.305 e. The van der Waals surface area contributed by atoms with Gasteiger partial charge in [-0.15, -0.1) is 0 Å². The minimum absolute atomic E-state index is 0.0106. The standard InChI is InChI=1S/C19H19FN6O4/c1-19(2,3)15-10-16(25(24-15)18-21-7-4-8-22-18)23-17(27)11-30-12-5-6-14(26(28)29)13(20)9-12/h4-10H,11H2,1-3H3,(H,23,27). The molecule has 1 N–H and O–H groups in total. The summed E-state index contributed by atoms with van der Waals surface area (Å²) in [5, 5.41) is 17.8. The number of ether oxygens (including phenoxy) is 1. The Labute approximate surface area is 170 Å². The quantitative estimate of drug-likeness (QED) is 0.485. The number of carbonyl (C=O) groups is 1. The van der Waals surface area contributed by atoms with E-state index in [1.807, 2.05) is 20.8 Å². The molecule has 2 heterocycles. The van der Waals surface area contributed by atoms with Crippen LogP contribution >= 0.6 is 0 Å². The lowest BCUT2D eigenvalue weighted by Crippen LogP contribution is -2.22. The van der Waals surface area contributed by atoms with Gasteiger partial charge >= 0.3 is 5.69 Å². The molecule has 0 bridgehead atoms. The predicted octanol–water partition coefficient (Wildman–Crippen LogP) is 3.02. The van der Waals surface area contributed by atoms with E-state index in [4.69, 9.17) is 4.74 Å². The summed E-state index contributed by atoms with van der Waals surface area (Å²) in [6, 6.07) is 6.41. The first-order valence-electron chi connectivity index (χ1n) is 8.89. The zero-order chi connectivity index (χ0) is 21.9. The van der Waals surface area contributed by atoms with Crippen LogP contribution in [0.1, 0.15) is 26.5 Å². The van der Waals surface area contributed by atoms with E-state index in [-0.39, 0.29) is 17.1 Å². The van der Waals surface area contributed by atoms with Crippen molar-refractivity contribution in [3.63, 3.8) is 0 Å². The number of hydrogen-bond acceptors (Lipinski definition) is 7. The van der Waals surface area contributed by atoms with Crippen molar-refractivity contribution in [2.45, 2.75) is 26.2 Å². The first-order valence-corrected chi connectivity index (χ1v) is 8.89. The molecule has 0 aliphatic rings. The molecular formula is C19H19FN6O4. The Morgan fingerprint density at radius 1 is 1.27 bits per heavy atom. The average Bonchev–Trinajstić information content (AvgIpc) is 3.11. The minimum Gasteiger partial charge on any atom is -0.484 e. The Bertz CT molecular complexity index is 1080. The van der Waals surface area contributed by atoms with E-state index in [9.17, 15) is 19.3 Å². The summed E-state index contributed by atoms with van der Waals surface area (Å²) in [5.74, 6) is -0.974. The van der Waals surface area contributed by atoms with Crippen molar-refractivity contribution in [1.29, 1.82) is 0 Å². The molecule has 10 nitrogen and oxygen atoms in total. The molecular weight excluding hydrogens is 395 g/mol. The van der Waals surface area contributed by atoms with Gasteiger partial charge in [-0.25, -0.2) is 9.97 Å². The molecule has 11 heteroatoms. The number of benzene rings is 1. The van der Waals surface area contributed by atoms with E-state index in [2.05, 4.69) is 20.4 Å². The number of rotatable bonds is 6. The van der Waals surface area contributed by atoms with Crippen molar-refractivity contribution in [1.82, 2.24) is 19.7 Å². The molecule has 0 spiro atoms. The van der Waals surface area contributed by atoms with E-state index < -0.39 is 28.9 Å². The molecule has 0 saturated heterocycles. The number of aromatic nitrogens is 4. The summed E-state index contributed by atoms with van der Waals surface area (Å²) in [5.41, 5.74) is -0.247. The SMILES string of the molecule is CC(C)(C)c1cc(NC(=O)COc2ccc([N+](=O)[O-])c(F)c2)n(-c2ncccn2)n1. The number of nitro groups is 1. The van der Waals surface area contributed by atoms with Crippen LogP contribution in [0.25, 0.3) is 5.95 Å². The second kappa shape index (κ2) is 8.23. The minimum atomic E-state index is -1.05. The van der Waals surface area contributed by atoms with Gasteiger partial charge in [0.05, 0.1) is 10.6 Å². The molecule has 0 saturated carbocycles. The van der Waals surface area contributed by atoms with Gasteiger partial charge in [-0.05, 0) is 12.1 Å². The molecule has 30 heavy (non-hydrogen) atoms. The van der Waals surface area contributed by atoms with Crippen LogP contribution in [0.2, 0.25) is 0 Å². The van der Waals surface area contributed by atoms with Crippen LogP contribution in [0.5, 0.6) is 5.75 Å². The summed E-state index contributed by atoms with van der Waals surface area (Å²) in [4.78, 5) is 30.5. The Morgan fingerprint density at radius 2 is 1.97 bits per heavy atom. The lowest BCUT2D eigenvalue weighted by atomic mass is 9.92. The Balaban J connectivity index is 1.75. The summed E-state index contributed by atoms with van der Waals surface area (Å²) in [6.07, 6.45) is 3.11.